The molecule has 0 atom stereocenters. The lowest BCUT2D eigenvalue weighted by Gasteiger charge is -2.10. The van der Waals surface area contributed by atoms with Crippen LogP contribution < -0.4 is 4.74 Å². The summed E-state index contributed by atoms with van der Waals surface area (Å²) in [5, 5.41) is 9.21. The molecule has 0 aliphatic rings. The Balaban J connectivity index is 2.14. The van der Waals surface area contributed by atoms with E-state index in [1.807, 2.05) is 0 Å². The molecule has 100 valence electrons. The van der Waals surface area contributed by atoms with Crippen LogP contribution >= 0.6 is 15.9 Å². The van der Waals surface area contributed by atoms with Crippen molar-refractivity contribution >= 4 is 15.9 Å². The normalized spacial score (nSPS) is 10.5. The van der Waals surface area contributed by atoms with Gasteiger partial charge in [0.25, 0.3) is 0 Å². The van der Waals surface area contributed by atoms with E-state index in [1.165, 1.54) is 12.1 Å². The number of halogens is 3. The Bertz CT molecular complexity index is 567. The van der Waals surface area contributed by atoms with Gasteiger partial charge in [0.2, 0.25) is 0 Å². The maximum Gasteiger partial charge on any atom is 0.126 e. The molecule has 5 heteroatoms. The average Bonchev–Trinajstić information content (AvgIpc) is 2.36. The van der Waals surface area contributed by atoms with E-state index in [1.54, 1.807) is 18.2 Å². The van der Waals surface area contributed by atoms with Crippen LogP contribution in [0.4, 0.5) is 8.78 Å². The molecule has 2 aromatic carbocycles. The van der Waals surface area contributed by atoms with Crippen molar-refractivity contribution in [2.45, 2.75) is 13.2 Å². The molecule has 2 nitrogen and oxygen atoms in total. The molecule has 0 radical (unpaired) electrons. The van der Waals surface area contributed by atoms with Crippen molar-refractivity contribution in [1.82, 2.24) is 0 Å². The van der Waals surface area contributed by atoms with Crippen LogP contribution in [0.25, 0.3) is 0 Å². The van der Waals surface area contributed by atoms with Crippen molar-refractivity contribution in [2.75, 3.05) is 0 Å². The summed E-state index contributed by atoms with van der Waals surface area (Å²) >= 11 is 3.29. The predicted molar refractivity (Wildman–Crippen MR) is 70.8 cm³/mol. The standard InChI is InChI=1S/C14H11BrF2O2/c15-11-1-2-14(10(5-11)7-18)19-8-9-3-12(16)6-13(17)4-9/h1-6,18H,7-8H2. The minimum absolute atomic E-state index is 0.0311. The molecule has 0 amide bonds. The first-order valence-electron chi connectivity index (χ1n) is 5.55. The second-order valence-electron chi connectivity index (χ2n) is 3.98. The van der Waals surface area contributed by atoms with Crippen LogP contribution in [0, 0.1) is 11.6 Å². The SMILES string of the molecule is OCc1cc(Br)ccc1OCc1cc(F)cc(F)c1. The summed E-state index contributed by atoms with van der Waals surface area (Å²) in [7, 11) is 0. The largest absolute Gasteiger partial charge is 0.489 e. The Kier molecular flexibility index (Phi) is 4.50. The Morgan fingerprint density at radius 3 is 2.37 bits per heavy atom. The van der Waals surface area contributed by atoms with Gasteiger partial charge in [-0.3, -0.25) is 0 Å². The van der Waals surface area contributed by atoms with Gasteiger partial charge in [-0.15, -0.1) is 0 Å². The number of rotatable bonds is 4. The highest BCUT2D eigenvalue weighted by atomic mass is 79.9. The molecule has 0 fully saturated rings. The van der Waals surface area contributed by atoms with Gasteiger partial charge in [-0.05, 0) is 35.9 Å². The van der Waals surface area contributed by atoms with E-state index >= 15 is 0 Å². The second kappa shape index (κ2) is 6.12. The predicted octanol–water partition coefficient (Wildman–Crippen LogP) is 3.80. The molecular formula is C14H11BrF2O2. The molecule has 0 aromatic heterocycles. The molecule has 0 heterocycles. The van der Waals surface area contributed by atoms with Crippen LogP contribution in [0.5, 0.6) is 5.75 Å². The van der Waals surface area contributed by atoms with E-state index in [-0.39, 0.29) is 13.2 Å². The number of ether oxygens (including phenoxy) is 1. The highest BCUT2D eigenvalue weighted by molar-refractivity contribution is 9.10. The molecule has 0 aliphatic carbocycles. The fourth-order valence-corrected chi connectivity index (χ4v) is 2.08. The third-order valence-electron chi connectivity index (χ3n) is 2.51. The lowest BCUT2D eigenvalue weighted by atomic mass is 10.2. The van der Waals surface area contributed by atoms with Crippen molar-refractivity contribution in [1.29, 1.82) is 0 Å². The lowest BCUT2D eigenvalue weighted by molar-refractivity contribution is 0.258. The minimum Gasteiger partial charge on any atom is -0.489 e. The first-order chi connectivity index (χ1) is 9.08. The Hall–Kier alpha value is -1.46. The topological polar surface area (TPSA) is 29.5 Å². The van der Waals surface area contributed by atoms with Gasteiger partial charge in [-0.1, -0.05) is 15.9 Å². The average molecular weight is 329 g/mol. The molecule has 0 aliphatic heterocycles. The summed E-state index contributed by atoms with van der Waals surface area (Å²) < 4.78 is 32.3. The molecule has 0 spiro atoms. The van der Waals surface area contributed by atoms with Crippen molar-refractivity contribution in [3.05, 3.63) is 63.6 Å². The molecule has 2 aromatic rings. The van der Waals surface area contributed by atoms with Crippen molar-refractivity contribution < 1.29 is 18.6 Å². The lowest BCUT2D eigenvalue weighted by Crippen LogP contribution is -2.00. The summed E-state index contributed by atoms with van der Waals surface area (Å²) in [5.74, 6) is -0.802. The van der Waals surface area contributed by atoms with Crippen molar-refractivity contribution in [2.24, 2.45) is 0 Å². The van der Waals surface area contributed by atoms with Crippen LogP contribution in [-0.4, -0.2) is 5.11 Å². The second-order valence-corrected chi connectivity index (χ2v) is 4.89. The fourth-order valence-electron chi connectivity index (χ4n) is 1.67. The Morgan fingerprint density at radius 1 is 1.05 bits per heavy atom. The zero-order valence-corrected chi connectivity index (χ0v) is 11.5. The highest BCUT2D eigenvalue weighted by Gasteiger charge is 2.06. The monoisotopic (exact) mass is 328 g/mol. The van der Waals surface area contributed by atoms with E-state index in [2.05, 4.69) is 15.9 Å². The number of hydrogen-bond donors (Lipinski definition) is 1. The first kappa shape index (κ1) is 14.0. The number of aliphatic hydroxyl groups excluding tert-OH is 1. The molecule has 0 unspecified atom stereocenters. The van der Waals surface area contributed by atoms with Gasteiger partial charge >= 0.3 is 0 Å². The summed E-state index contributed by atoms with van der Waals surface area (Å²) in [6, 6.07) is 8.40. The molecular weight excluding hydrogens is 318 g/mol. The maximum atomic E-state index is 13.0. The maximum absolute atomic E-state index is 13.0. The van der Waals surface area contributed by atoms with E-state index < -0.39 is 11.6 Å². The highest BCUT2D eigenvalue weighted by Crippen LogP contribution is 2.24. The fraction of sp³-hybridized carbons (Fsp3) is 0.143. The van der Waals surface area contributed by atoms with E-state index in [4.69, 9.17) is 4.74 Å². The van der Waals surface area contributed by atoms with Crippen LogP contribution in [0.3, 0.4) is 0 Å². The van der Waals surface area contributed by atoms with E-state index in [0.717, 1.165) is 10.5 Å². The molecule has 2 rings (SSSR count). The summed E-state index contributed by atoms with van der Waals surface area (Å²) in [6.07, 6.45) is 0. The molecule has 0 saturated heterocycles. The van der Waals surface area contributed by atoms with Gasteiger partial charge in [0.05, 0.1) is 6.61 Å². The van der Waals surface area contributed by atoms with E-state index in [9.17, 15) is 13.9 Å². The minimum atomic E-state index is -0.642. The Labute approximate surface area is 117 Å². The van der Waals surface area contributed by atoms with Gasteiger partial charge in [0.1, 0.15) is 24.0 Å². The van der Waals surface area contributed by atoms with Gasteiger partial charge in [-0.2, -0.15) is 0 Å². The summed E-state index contributed by atoms with van der Waals surface area (Å²) in [5.41, 5.74) is 0.996. The number of hydrogen-bond acceptors (Lipinski definition) is 2. The number of aliphatic hydroxyl groups is 1. The Morgan fingerprint density at radius 2 is 1.74 bits per heavy atom. The van der Waals surface area contributed by atoms with Crippen molar-refractivity contribution in [3.8, 4) is 5.75 Å². The van der Waals surface area contributed by atoms with Crippen LogP contribution in [-0.2, 0) is 13.2 Å². The van der Waals surface area contributed by atoms with Gasteiger partial charge in [0.15, 0.2) is 0 Å². The summed E-state index contributed by atoms with van der Waals surface area (Å²) in [6.45, 7) is -0.143. The molecule has 1 N–H and O–H groups in total. The van der Waals surface area contributed by atoms with Gasteiger partial charge in [0, 0.05) is 16.1 Å². The third-order valence-corrected chi connectivity index (χ3v) is 3.00. The molecule has 19 heavy (non-hydrogen) atoms. The van der Waals surface area contributed by atoms with Crippen LogP contribution in [0.15, 0.2) is 40.9 Å². The van der Waals surface area contributed by atoms with Crippen LogP contribution in [0.1, 0.15) is 11.1 Å². The number of benzene rings is 2. The molecule has 0 saturated carbocycles. The smallest absolute Gasteiger partial charge is 0.126 e. The van der Waals surface area contributed by atoms with Gasteiger partial charge < -0.3 is 9.84 Å². The van der Waals surface area contributed by atoms with Crippen molar-refractivity contribution in [3.63, 3.8) is 0 Å². The van der Waals surface area contributed by atoms with Crippen LogP contribution in [0.2, 0.25) is 0 Å². The zero-order chi connectivity index (χ0) is 13.8. The first-order valence-corrected chi connectivity index (χ1v) is 6.35. The van der Waals surface area contributed by atoms with E-state index in [0.29, 0.717) is 16.9 Å². The molecule has 0 bridgehead atoms. The zero-order valence-electron chi connectivity index (χ0n) is 9.87. The third kappa shape index (κ3) is 3.75. The summed E-state index contributed by atoms with van der Waals surface area (Å²) in [4.78, 5) is 0. The van der Waals surface area contributed by atoms with Gasteiger partial charge in [-0.25, -0.2) is 8.78 Å². The quantitative estimate of drug-likeness (QED) is 0.925.